The summed E-state index contributed by atoms with van der Waals surface area (Å²) in [4.78, 5) is 29.4. The maximum absolute atomic E-state index is 12.9. The van der Waals surface area contributed by atoms with E-state index in [-0.39, 0.29) is 18.1 Å². The lowest BCUT2D eigenvalue weighted by Crippen LogP contribution is -2.47. The number of hydrogen-bond donors (Lipinski definition) is 1. The predicted octanol–water partition coefficient (Wildman–Crippen LogP) is 4.09. The van der Waals surface area contributed by atoms with Gasteiger partial charge in [-0.1, -0.05) is 37.6 Å². The predicted molar refractivity (Wildman–Crippen MR) is 127 cm³/mol. The highest BCUT2D eigenvalue weighted by Crippen LogP contribution is 2.30. The molecule has 4 rings (SSSR count). The van der Waals surface area contributed by atoms with Crippen molar-refractivity contribution in [3.8, 4) is 0 Å². The third-order valence-electron chi connectivity index (χ3n) is 6.65. The molecule has 1 N–H and O–H groups in total. The smallest absolute Gasteiger partial charge is 0.251 e. The summed E-state index contributed by atoms with van der Waals surface area (Å²) in [6, 6.07) is 14.2. The summed E-state index contributed by atoms with van der Waals surface area (Å²) in [6.07, 6.45) is 4.79. The van der Waals surface area contributed by atoms with E-state index in [1.165, 1.54) is 24.1 Å². The highest BCUT2D eigenvalue weighted by atomic mass is 16.5. The number of aryl methyl sites for hydroxylation is 1. The summed E-state index contributed by atoms with van der Waals surface area (Å²) in [7, 11) is 0. The Balaban J connectivity index is 1.28. The fourth-order valence-corrected chi connectivity index (χ4v) is 4.65. The normalized spacial score (nSPS) is 16.9. The van der Waals surface area contributed by atoms with Gasteiger partial charge in [-0.15, -0.1) is 0 Å². The Morgan fingerprint density at radius 3 is 2.47 bits per heavy atom. The van der Waals surface area contributed by atoms with Crippen LogP contribution in [0.4, 0.5) is 11.4 Å². The van der Waals surface area contributed by atoms with Gasteiger partial charge in [-0.2, -0.15) is 5.06 Å². The standard InChI is InChI=1S/C26H33N3O3/c1-2-3-5-20-8-10-21(11-9-20)28-18-16-27(17-19-28)15-14-25(30)23-6-4-7-24-22(23)12-13-26(31)29(24)32/h4,6-11,32H,2-3,5,12-19H2,1H3. The highest BCUT2D eigenvalue weighted by molar-refractivity contribution is 6.02. The molecule has 6 nitrogen and oxygen atoms in total. The molecular weight excluding hydrogens is 402 g/mol. The van der Waals surface area contributed by atoms with Crippen molar-refractivity contribution in [3.05, 3.63) is 59.2 Å². The van der Waals surface area contributed by atoms with E-state index in [1.54, 1.807) is 12.1 Å². The van der Waals surface area contributed by atoms with E-state index in [0.29, 0.717) is 29.2 Å². The molecule has 32 heavy (non-hydrogen) atoms. The quantitative estimate of drug-likeness (QED) is 0.500. The monoisotopic (exact) mass is 435 g/mol. The Hall–Kier alpha value is -2.70. The Morgan fingerprint density at radius 2 is 1.75 bits per heavy atom. The fraction of sp³-hybridized carbons (Fsp3) is 0.462. The number of benzene rings is 2. The topological polar surface area (TPSA) is 64.1 Å². The third kappa shape index (κ3) is 5.03. The van der Waals surface area contributed by atoms with E-state index in [1.807, 2.05) is 6.07 Å². The number of Topliss-reactive ketones (excluding diaryl/α,β-unsaturated/α-hetero) is 1. The molecule has 2 heterocycles. The first-order chi connectivity index (χ1) is 15.6. The van der Waals surface area contributed by atoms with Gasteiger partial charge in [-0.3, -0.25) is 19.7 Å². The molecule has 0 atom stereocenters. The number of hydroxylamine groups is 1. The number of carbonyl (C=O) groups excluding carboxylic acids is 2. The molecule has 2 aliphatic rings. The Bertz CT molecular complexity index is 949. The van der Waals surface area contributed by atoms with E-state index in [0.717, 1.165) is 44.7 Å². The minimum Gasteiger partial charge on any atom is -0.369 e. The summed E-state index contributed by atoms with van der Waals surface area (Å²) in [6.45, 7) is 6.76. The summed E-state index contributed by atoms with van der Waals surface area (Å²) >= 11 is 0. The maximum atomic E-state index is 12.9. The van der Waals surface area contributed by atoms with Crippen LogP contribution < -0.4 is 9.96 Å². The molecular formula is C26H33N3O3. The van der Waals surface area contributed by atoms with E-state index in [2.05, 4.69) is 41.0 Å². The van der Waals surface area contributed by atoms with Gasteiger partial charge < -0.3 is 4.90 Å². The van der Waals surface area contributed by atoms with Gasteiger partial charge in [-0.25, -0.2) is 0 Å². The summed E-state index contributed by atoms with van der Waals surface area (Å²) in [5.41, 5.74) is 4.55. The van der Waals surface area contributed by atoms with Crippen LogP contribution in [-0.4, -0.2) is 54.5 Å². The molecule has 1 saturated heterocycles. The van der Waals surface area contributed by atoms with Gasteiger partial charge in [0.25, 0.3) is 5.91 Å². The molecule has 0 spiro atoms. The highest BCUT2D eigenvalue weighted by Gasteiger charge is 2.27. The molecule has 2 aliphatic heterocycles. The Kier molecular flexibility index (Phi) is 7.22. The van der Waals surface area contributed by atoms with Crippen molar-refractivity contribution in [2.75, 3.05) is 42.7 Å². The second-order valence-electron chi connectivity index (χ2n) is 8.78. The molecule has 2 aromatic carbocycles. The van der Waals surface area contributed by atoms with E-state index < -0.39 is 0 Å². The molecule has 2 aromatic rings. The number of amides is 1. The van der Waals surface area contributed by atoms with Crippen LogP contribution in [0.1, 0.15) is 54.1 Å². The van der Waals surface area contributed by atoms with Crippen molar-refractivity contribution in [2.24, 2.45) is 0 Å². The van der Waals surface area contributed by atoms with Crippen molar-refractivity contribution in [2.45, 2.75) is 45.4 Å². The molecule has 1 amide bonds. The average molecular weight is 436 g/mol. The van der Waals surface area contributed by atoms with Crippen molar-refractivity contribution in [1.82, 2.24) is 4.90 Å². The molecule has 0 bridgehead atoms. The maximum Gasteiger partial charge on any atom is 0.251 e. The fourth-order valence-electron chi connectivity index (χ4n) is 4.65. The average Bonchev–Trinajstić information content (AvgIpc) is 2.84. The Labute approximate surface area is 190 Å². The Morgan fingerprint density at radius 1 is 1.00 bits per heavy atom. The van der Waals surface area contributed by atoms with Crippen molar-refractivity contribution in [3.63, 3.8) is 0 Å². The number of fused-ring (bicyclic) bond motifs is 1. The number of piperazine rings is 1. The second-order valence-corrected chi connectivity index (χ2v) is 8.78. The summed E-state index contributed by atoms with van der Waals surface area (Å²) in [5, 5.41) is 10.7. The lowest BCUT2D eigenvalue weighted by Gasteiger charge is -2.36. The van der Waals surface area contributed by atoms with Crippen LogP contribution >= 0.6 is 0 Å². The summed E-state index contributed by atoms with van der Waals surface area (Å²) in [5.74, 6) is -0.245. The molecule has 1 fully saturated rings. The molecule has 0 unspecified atom stereocenters. The van der Waals surface area contributed by atoms with Crippen LogP contribution in [0.15, 0.2) is 42.5 Å². The third-order valence-corrected chi connectivity index (χ3v) is 6.65. The second kappa shape index (κ2) is 10.3. The van der Waals surface area contributed by atoms with Gasteiger partial charge in [-0.05, 0) is 48.6 Å². The zero-order valence-electron chi connectivity index (χ0n) is 18.9. The van der Waals surface area contributed by atoms with Crippen LogP contribution in [0.5, 0.6) is 0 Å². The van der Waals surface area contributed by atoms with Crippen LogP contribution in [0.2, 0.25) is 0 Å². The zero-order valence-corrected chi connectivity index (χ0v) is 18.9. The van der Waals surface area contributed by atoms with E-state index >= 15 is 0 Å². The minimum atomic E-state index is -0.324. The van der Waals surface area contributed by atoms with Crippen molar-refractivity contribution < 1.29 is 14.8 Å². The van der Waals surface area contributed by atoms with Gasteiger partial charge in [0, 0.05) is 56.8 Å². The van der Waals surface area contributed by atoms with Crippen LogP contribution in [-0.2, 0) is 17.6 Å². The van der Waals surface area contributed by atoms with Gasteiger partial charge >= 0.3 is 0 Å². The molecule has 170 valence electrons. The zero-order chi connectivity index (χ0) is 22.5. The van der Waals surface area contributed by atoms with Gasteiger partial charge in [0.1, 0.15) is 0 Å². The van der Waals surface area contributed by atoms with Crippen molar-refractivity contribution >= 4 is 23.1 Å². The lowest BCUT2D eigenvalue weighted by atomic mass is 9.93. The number of ketones is 1. The summed E-state index contributed by atoms with van der Waals surface area (Å²) < 4.78 is 0. The molecule has 0 saturated carbocycles. The molecule has 0 radical (unpaired) electrons. The minimum absolute atomic E-state index is 0.0784. The first kappa shape index (κ1) is 22.5. The number of nitrogens with zero attached hydrogens (tertiary/aromatic N) is 3. The first-order valence-corrected chi connectivity index (χ1v) is 11.8. The van der Waals surface area contributed by atoms with E-state index in [4.69, 9.17) is 0 Å². The molecule has 0 aliphatic carbocycles. The number of unbranched alkanes of at least 4 members (excludes halogenated alkanes) is 1. The number of rotatable bonds is 8. The van der Waals surface area contributed by atoms with Gasteiger partial charge in [0.15, 0.2) is 5.78 Å². The number of hydrogen-bond acceptors (Lipinski definition) is 5. The number of anilines is 2. The first-order valence-electron chi connectivity index (χ1n) is 11.8. The van der Waals surface area contributed by atoms with Crippen LogP contribution in [0.25, 0.3) is 0 Å². The SMILES string of the molecule is CCCCc1ccc(N2CCN(CCC(=O)c3cccc4c3CCC(=O)N4O)CC2)cc1. The molecule has 0 aromatic heterocycles. The van der Waals surface area contributed by atoms with Gasteiger partial charge in [0.2, 0.25) is 0 Å². The van der Waals surface area contributed by atoms with Gasteiger partial charge in [0.05, 0.1) is 5.69 Å². The lowest BCUT2D eigenvalue weighted by molar-refractivity contribution is -0.124. The largest absolute Gasteiger partial charge is 0.369 e. The number of carbonyl (C=O) groups is 2. The molecule has 6 heteroatoms. The van der Waals surface area contributed by atoms with Crippen LogP contribution in [0.3, 0.4) is 0 Å². The van der Waals surface area contributed by atoms with E-state index in [9.17, 15) is 14.8 Å². The van der Waals surface area contributed by atoms with Crippen LogP contribution in [0, 0.1) is 0 Å². The van der Waals surface area contributed by atoms with Crippen molar-refractivity contribution in [1.29, 1.82) is 0 Å².